The van der Waals surface area contributed by atoms with Gasteiger partial charge in [-0.2, -0.15) is 0 Å². The number of rotatable bonds is 5. The van der Waals surface area contributed by atoms with Crippen LogP contribution >= 0.6 is 0 Å². The topological polar surface area (TPSA) is 84.0 Å². The number of carbonyl (C=O) groups excluding carboxylic acids is 4. The maximum absolute atomic E-state index is 12.8. The van der Waals surface area contributed by atoms with E-state index in [1.807, 2.05) is 49.4 Å². The molecule has 0 bridgehead atoms. The van der Waals surface area contributed by atoms with Crippen molar-refractivity contribution >= 4 is 29.4 Å². The molecule has 2 aliphatic heterocycles. The fourth-order valence-electron chi connectivity index (χ4n) is 5.09. The summed E-state index contributed by atoms with van der Waals surface area (Å²) >= 11 is 0. The van der Waals surface area contributed by atoms with Gasteiger partial charge in [0.05, 0.1) is 29.5 Å². The first-order valence-electron chi connectivity index (χ1n) is 11.6. The molecular formula is C27H26N2O5. The van der Waals surface area contributed by atoms with E-state index >= 15 is 0 Å². The molecule has 2 heterocycles. The van der Waals surface area contributed by atoms with Crippen molar-refractivity contribution in [3.05, 3.63) is 72.3 Å². The van der Waals surface area contributed by atoms with Crippen LogP contribution in [0, 0.1) is 17.8 Å². The van der Waals surface area contributed by atoms with Crippen molar-refractivity contribution in [1.29, 1.82) is 0 Å². The highest BCUT2D eigenvalue weighted by Gasteiger charge is 2.47. The summed E-state index contributed by atoms with van der Waals surface area (Å²) in [5.41, 5.74) is 1.49. The van der Waals surface area contributed by atoms with Gasteiger partial charge >= 0.3 is 5.97 Å². The van der Waals surface area contributed by atoms with Gasteiger partial charge in [-0.1, -0.05) is 42.5 Å². The van der Waals surface area contributed by atoms with Gasteiger partial charge in [-0.25, -0.2) is 0 Å². The molecule has 174 valence electrons. The second-order valence-corrected chi connectivity index (χ2v) is 9.12. The summed E-state index contributed by atoms with van der Waals surface area (Å²) in [4.78, 5) is 53.8. The van der Waals surface area contributed by atoms with Crippen LogP contribution in [-0.4, -0.2) is 35.1 Å². The number of anilines is 1. The highest BCUT2D eigenvalue weighted by molar-refractivity contribution is 6.22. The van der Waals surface area contributed by atoms with Crippen molar-refractivity contribution in [2.24, 2.45) is 17.8 Å². The molecule has 0 unspecified atom stereocenters. The Balaban J connectivity index is 1.23. The first kappa shape index (κ1) is 22.1. The number of esters is 1. The Bertz CT molecular complexity index is 1130. The number of benzene rings is 2. The van der Waals surface area contributed by atoms with Crippen LogP contribution in [0.5, 0.6) is 5.75 Å². The number of hydrogen-bond donors (Lipinski definition) is 0. The molecular weight excluding hydrogens is 432 g/mol. The summed E-state index contributed by atoms with van der Waals surface area (Å²) in [5.74, 6) is -1.72. The fourth-order valence-corrected chi connectivity index (χ4v) is 5.09. The van der Waals surface area contributed by atoms with Crippen LogP contribution in [0.4, 0.5) is 5.69 Å². The lowest BCUT2D eigenvalue weighted by molar-refractivity contribution is -0.139. The summed E-state index contributed by atoms with van der Waals surface area (Å²) in [5, 5.41) is 0. The van der Waals surface area contributed by atoms with Crippen LogP contribution in [0.3, 0.4) is 0 Å². The maximum atomic E-state index is 12.8. The number of carbonyl (C=O) groups is 4. The van der Waals surface area contributed by atoms with Crippen LogP contribution in [0.1, 0.15) is 37.8 Å². The zero-order valence-corrected chi connectivity index (χ0v) is 18.9. The number of allylic oxidation sites excluding steroid dienone is 2. The summed E-state index contributed by atoms with van der Waals surface area (Å²) in [6.07, 6.45) is 5.19. The van der Waals surface area contributed by atoms with Gasteiger partial charge in [0, 0.05) is 13.0 Å². The minimum absolute atomic E-state index is 0.0735. The number of imide groups is 1. The number of ether oxygens (including phenoxy) is 1. The Morgan fingerprint density at radius 1 is 0.912 bits per heavy atom. The second kappa shape index (κ2) is 8.89. The number of likely N-dealkylation sites (tertiary alicyclic amines) is 1. The van der Waals surface area contributed by atoms with Crippen LogP contribution < -0.4 is 9.64 Å². The molecule has 3 aliphatic rings. The van der Waals surface area contributed by atoms with E-state index in [9.17, 15) is 19.2 Å². The zero-order chi connectivity index (χ0) is 23.8. The Hall–Kier alpha value is -3.74. The predicted molar refractivity (Wildman–Crippen MR) is 125 cm³/mol. The third-order valence-electron chi connectivity index (χ3n) is 7.06. The van der Waals surface area contributed by atoms with E-state index < -0.39 is 11.9 Å². The van der Waals surface area contributed by atoms with Crippen LogP contribution in [0.2, 0.25) is 0 Å². The highest BCUT2D eigenvalue weighted by atomic mass is 16.5. The van der Waals surface area contributed by atoms with Crippen molar-refractivity contribution in [1.82, 2.24) is 4.90 Å². The van der Waals surface area contributed by atoms with E-state index in [2.05, 4.69) is 0 Å². The van der Waals surface area contributed by atoms with Crippen LogP contribution in [0.25, 0.3) is 0 Å². The number of fused-ring (bicyclic) bond motifs is 1. The van der Waals surface area contributed by atoms with E-state index in [1.54, 1.807) is 29.2 Å². The number of amides is 3. The molecule has 5 rings (SSSR count). The minimum Gasteiger partial charge on any atom is -0.426 e. The molecule has 2 aromatic rings. The SMILES string of the molecule is C[C@H](c1ccccc1)N1C[C@H](C(=O)Oc2ccc(N3C(=O)[C@H]4CC=CC[C@@H]4C3=O)cc2)CC1=O. The average Bonchev–Trinajstić information content (AvgIpc) is 3.37. The van der Waals surface area contributed by atoms with Crippen molar-refractivity contribution in [2.75, 3.05) is 11.4 Å². The van der Waals surface area contributed by atoms with Crippen molar-refractivity contribution in [3.8, 4) is 5.75 Å². The normalized spacial score (nSPS) is 25.0. The molecule has 7 nitrogen and oxygen atoms in total. The molecule has 0 radical (unpaired) electrons. The molecule has 2 saturated heterocycles. The van der Waals surface area contributed by atoms with Gasteiger partial charge in [0.2, 0.25) is 17.7 Å². The molecule has 4 atom stereocenters. The van der Waals surface area contributed by atoms with Gasteiger partial charge in [0.1, 0.15) is 5.75 Å². The lowest BCUT2D eigenvalue weighted by Crippen LogP contribution is -2.31. The number of nitrogens with zero attached hydrogens (tertiary/aromatic N) is 2. The first-order valence-corrected chi connectivity index (χ1v) is 11.6. The lowest BCUT2D eigenvalue weighted by atomic mass is 9.85. The quantitative estimate of drug-likeness (QED) is 0.296. The molecule has 1 aliphatic carbocycles. The van der Waals surface area contributed by atoms with E-state index in [1.165, 1.54) is 4.90 Å². The first-order chi connectivity index (χ1) is 16.4. The van der Waals surface area contributed by atoms with Gasteiger partial charge in [0.15, 0.2) is 0 Å². The van der Waals surface area contributed by atoms with Crippen molar-refractivity contribution < 1.29 is 23.9 Å². The standard InChI is InChI=1S/C27H26N2O5/c1-17(18-7-3-2-4-8-18)28-16-19(15-24(28)30)27(33)34-21-13-11-20(12-14-21)29-25(31)22-9-5-6-10-23(22)26(29)32/h2-8,11-14,17,19,22-23H,9-10,15-16H2,1H3/t17-,19-,22+,23+/m1/s1. The van der Waals surface area contributed by atoms with Gasteiger partial charge in [0.25, 0.3) is 0 Å². The Morgan fingerprint density at radius 3 is 2.15 bits per heavy atom. The molecule has 0 saturated carbocycles. The molecule has 2 aromatic carbocycles. The molecule has 0 aromatic heterocycles. The minimum atomic E-state index is -0.546. The van der Waals surface area contributed by atoms with Gasteiger partial charge in [-0.15, -0.1) is 0 Å². The van der Waals surface area contributed by atoms with Gasteiger partial charge in [-0.3, -0.25) is 24.1 Å². The Morgan fingerprint density at radius 2 is 1.53 bits per heavy atom. The Labute approximate surface area is 198 Å². The molecule has 7 heteroatoms. The predicted octanol–water partition coefficient (Wildman–Crippen LogP) is 3.66. The average molecular weight is 459 g/mol. The van der Waals surface area contributed by atoms with E-state index in [-0.39, 0.29) is 42.0 Å². The van der Waals surface area contributed by atoms with Crippen LogP contribution in [-0.2, 0) is 19.2 Å². The summed E-state index contributed by atoms with van der Waals surface area (Å²) < 4.78 is 5.53. The lowest BCUT2D eigenvalue weighted by Gasteiger charge is -2.25. The van der Waals surface area contributed by atoms with Crippen LogP contribution in [0.15, 0.2) is 66.7 Å². The molecule has 0 spiro atoms. The Kier molecular flexibility index (Phi) is 5.77. The number of hydrogen-bond acceptors (Lipinski definition) is 5. The highest BCUT2D eigenvalue weighted by Crippen LogP contribution is 2.38. The third kappa shape index (κ3) is 3.91. The summed E-state index contributed by atoms with van der Waals surface area (Å²) in [6.45, 7) is 2.26. The van der Waals surface area contributed by atoms with E-state index in [0.29, 0.717) is 30.8 Å². The molecule has 34 heavy (non-hydrogen) atoms. The molecule has 2 fully saturated rings. The van der Waals surface area contributed by atoms with Crippen molar-refractivity contribution in [2.45, 2.75) is 32.2 Å². The monoisotopic (exact) mass is 458 g/mol. The molecule has 0 N–H and O–H groups in total. The fraction of sp³-hybridized carbons (Fsp3) is 0.333. The van der Waals surface area contributed by atoms with Gasteiger partial charge < -0.3 is 9.64 Å². The van der Waals surface area contributed by atoms with Crippen molar-refractivity contribution in [3.63, 3.8) is 0 Å². The second-order valence-electron chi connectivity index (χ2n) is 9.12. The largest absolute Gasteiger partial charge is 0.426 e. The van der Waals surface area contributed by atoms with E-state index in [0.717, 1.165) is 5.56 Å². The summed E-state index contributed by atoms with van der Waals surface area (Å²) in [7, 11) is 0. The summed E-state index contributed by atoms with van der Waals surface area (Å²) in [6, 6.07) is 16.0. The maximum Gasteiger partial charge on any atom is 0.316 e. The third-order valence-corrected chi connectivity index (χ3v) is 7.06. The van der Waals surface area contributed by atoms with Gasteiger partial charge in [-0.05, 0) is 49.6 Å². The zero-order valence-electron chi connectivity index (χ0n) is 18.9. The molecule has 3 amide bonds. The smallest absolute Gasteiger partial charge is 0.316 e. The van der Waals surface area contributed by atoms with E-state index in [4.69, 9.17) is 4.74 Å².